The van der Waals surface area contributed by atoms with E-state index in [1.165, 1.54) is 22.7 Å². The molecule has 0 spiro atoms. The average Bonchev–Trinajstić information content (AvgIpc) is 3.64. The predicted octanol–water partition coefficient (Wildman–Crippen LogP) is 3.57. The molecule has 3 aliphatic rings. The molecule has 0 unspecified atom stereocenters. The molecule has 1 aliphatic carbocycles. The minimum Gasteiger partial charge on any atom is -0.461 e. The number of anilines is 3. The molecule has 0 atom stereocenters. The highest BCUT2D eigenvalue weighted by molar-refractivity contribution is 6.07. The van der Waals surface area contributed by atoms with Crippen molar-refractivity contribution in [1.82, 2.24) is 23.9 Å². The Labute approximate surface area is 254 Å². The molecule has 1 aromatic carbocycles. The number of rotatable bonds is 6. The van der Waals surface area contributed by atoms with E-state index in [9.17, 15) is 14.4 Å². The summed E-state index contributed by atoms with van der Waals surface area (Å²) < 4.78 is 16.5. The third kappa shape index (κ3) is 4.88. The molecule has 3 aromatic heterocycles. The van der Waals surface area contributed by atoms with E-state index in [2.05, 4.69) is 28.8 Å². The second kappa shape index (κ2) is 10.5. The molecule has 12 heteroatoms. The molecule has 7 rings (SSSR count). The summed E-state index contributed by atoms with van der Waals surface area (Å²) in [5, 5.41) is 7.63. The minimum absolute atomic E-state index is 0.0582. The number of hydrogen-bond acceptors (Lipinski definition) is 8. The largest absolute Gasteiger partial charge is 0.461 e. The van der Waals surface area contributed by atoms with Gasteiger partial charge in [0.05, 0.1) is 36.8 Å². The van der Waals surface area contributed by atoms with Gasteiger partial charge in [0.1, 0.15) is 12.3 Å². The number of aryl methyl sites for hydroxylation is 1. The molecule has 0 saturated carbocycles. The Morgan fingerprint density at radius 3 is 2.77 bits per heavy atom. The first-order chi connectivity index (χ1) is 21.1. The van der Waals surface area contributed by atoms with Gasteiger partial charge in [0.15, 0.2) is 11.6 Å². The van der Waals surface area contributed by atoms with Crippen molar-refractivity contribution >= 4 is 29.2 Å². The third-order valence-electron chi connectivity index (χ3n) is 8.64. The van der Waals surface area contributed by atoms with Crippen molar-refractivity contribution in [2.45, 2.75) is 59.9 Å². The quantitative estimate of drug-likeness (QED) is 0.335. The lowest BCUT2D eigenvalue weighted by Gasteiger charge is -2.32. The number of benzene rings is 1. The van der Waals surface area contributed by atoms with Gasteiger partial charge in [-0.15, -0.1) is 0 Å². The van der Waals surface area contributed by atoms with Crippen LogP contribution in [0.5, 0.6) is 0 Å². The standard InChI is InChI=1S/C32H35N7O5/c1-19(40)44-18-23-22(24-16-36(4)31(42)29(33-24)34-28-13-21-17-43-11-10-39(21)35-28)6-5-7-25(23)38-9-8-37-26(30(38)41)12-20-14-32(2,3)15-27(20)37/h5-7,12-13,16H,8-11,14-15,17-18H2,1-4H3,(H,33,34,35). The van der Waals surface area contributed by atoms with Crippen LogP contribution in [-0.4, -0.2) is 48.9 Å². The van der Waals surface area contributed by atoms with Crippen LogP contribution in [0.3, 0.4) is 0 Å². The SMILES string of the molecule is CC(=O)OCc1c(-c2cn(C)c(=O)c(Nc3cc4n(n3)CCOC4)n2)cccc1N1CCn2c(cc3c2CC(C)(C)C3)C1=O. The third-order valence-corrected chi connectivity index (χ3v) is 8.64. The fourth-order valence-corrected chi connectivity index (χ4v) is 6.63. The van der Waals surface area contributed by atoms with Gasteiger partial charge < -0.3 is 28.8 Å². The number of carbonyl (C=O) groups excluding carboxylic acids is 2. The highest BCUT2D eigenvalue weighted by Gasteiger charge is 2.37. The van der Waals surface area contributed by atoms with Crippen LogP contribution in [0.2, 0.25) is 0 Å². The van der Waals surface area contributed by atoms with E-state index in [0.29, 0.717) is 66.9 Å². The van der Waals surface area contributed by atoms with Gasteiger partial charge in [-0.25, -0.2) is 4.98 Å². The molecule has 0 saturated heterocycles. The first-order valence-electron chi connectivity index (χ1n) is 14.9. The summed E-state index contributed by atoms with van der Waals surface area (Å²) in [6, 6.07) is 9.47. The smallest absolute Gasteiger partial charge is 0.302 e. The van der Waals surface area contributed by atoms with Gasteiger partial charge in [0.25, 0.3) is 11.5 Å². The van der Waals surface area contributed by atoms with Crippen LogP contribution < -0.4 is 15.8 Å². The molecule has 5 heterocycles. The highest BCUT2D eigenvalue weighted by atomic mass is 16.5. The summed E-state index contributed by atoms with van der Waals surface area (Å²) in [5.74, 6) is 0.0770. The lowest BCUT2D eigenvalue weighted by Crippen LogP contribution is -2.41. The van der Waals surface area contributed by atoms with Gasteiger partial charge in [0.2, 0.25) is 0 Å². The molecular weight excluding hydrogens is 562 g/mol. The normalized spacial score (nSPS) is 16.8. The zero-order valence-electron chi connectivity index (χ0n) is 25.3. The zero-order chi connectivity index (χ0) is 30.7. The van der Waals surface area contributed by atoms with Crippen molar-refractivity contribution in [1.29, 1.82) is 0 Å². The van der Waals surface area contributed by atoms with Crippen molar-refractivity contribution in [2.24, 2.45) is 12.5 Å². The summed E-state index contributed by atoms with van der Waals surface area (Å²) in [4.78, 5) is 45.5. The summed E-state index contributed by atoms with van der Waals surface area (Å²) in [6.45, 7) is 8.63. The summed E-state index contributed by atoms with van der Waals surface area (Å²) in [7, 11) is 1.66. The number of nitrogens with one attached hydrogen (secondary N) is 1. The number of aromatic nitrogens is 5. The maximum absolute atomic E-state index is 14.0. The van der Waals surface area contributed by atoms with E-state index in [0.717, 1.165) is 18.5 Å². The van der Waals surface area contributed by atoms with Crippen molar-refractivity contribution in [3.63, 3.8) is 0 Å². The van der Waals surface area contributed by atoms with Crippen molar-refractivity contribution < 1.29 is 19.1 Å². The van der Waals surface area contributed by atoms with E-state index in [-0.39, 0.29) is 29.3 Å². The molecule has 44 heavy (non-hydrogen) atoms. The molecule has 2 aliphatic heterocycles. The second-order valence-electron chi connectivity index (χ2n) is 12.5. The summed E-state index contributed by atoms with van der Waals surface area (Å²) in [5.41, 5.74) is 6.39. The van der Waals surface area contributed by atoms with Crippen LogP contribution in [-0.2, 0) is 60.5 Å². The summed E-state index contributed by atoms with van der Waals surface area (Å²) >= 11 is 0. The molecule has 12 nitrogen and oxygen atoms in total. The predicted molar refractivity (Wildman–Crippen MR) is 163 cm³/mol. The van der Waals surface area contributed by atoms with E-state index in [1.807, 2.05) is 35.0 Å². The van der Waals surface area contributed by atoms with Crippen LogP contribution in [0.4, 0.5) is 17.3 Å². The first kappa shape index (κ1) is 28.1. The number of ether oxygens (including phenoxy) is 2. The highest BCUT2D eigenvalue weighted by Crippen LogP contribution is 2.40. The minimum atomic E-state index is -0.438. The zero-order valence-corrected chi connectivity index (χ0v) is 25.3. The molecule has 0 radical (unpaired) electrons. The van der Waals surface area contributed by atoms with E-state index >= 15 is 0 Å². The number of esters is 1. The van der Waals surface area contributed by atoms with Gasteiger partial charge in [-0.2, -0.15) is 5.10 Å². The number of hydrogen-bond donors (Lipinski definition) is 1. The van der Waals surface area contributed by atoms with Crippen LogP contribution in [0.1, 0.15) is 53.8 Å². The van der Waals surface area contributed by atoms with Gasteiger partial charge >= 0.3 is 5.97 Å². The number of carbonyl (C=O) groups is 2. The van der Waals surface area contributed by atoms with Crippen molar-refractivity contribution in [3.05, 3.63) is 75.1 Å². The lowest BCUT2D eigenvalue weighted by molar-refractivity contribution is -0.142. The second-order valence-corrected chi connectivity index (χ2v) is 12.5. The maximum Gasteiger partial charge on any atom is 0.302 e. The van der Waals surface area contributed by atoms with Crippen LogP contribution >= 0.6 is 0 Å². The van der Waals surface area contributed by atoms with E-state index < -0.39 is 5.97 Å². The Bertz CT molecular complexity index is 1860. The number of fused-ring (bicyclic) bond motifs is 4. The van der Waals surface area contributed by atoms with Gasteiger partial charge in [-0.1, -0.05) is 26.0 Å². The fraction of sp³-hybridized carbons (Fsp3) is 0.406. The molecule has 0 bridgehead atoms. The topological polar surface area (TPSA) is 126 Å². The molecule has 0 fully saturated rings. The Morgan fingerprint density at radius 2 is 1.98 bits per heavy atom. The van der Waals surface area contributed by atoms with Crippen LogP contribution in [0, 0.1) is 5.41 Å². The van der Waals surface area contributed by atoms with Gasteiger partial charge in [-0.05, 0) is 36.0 Å². The fourth-order valence-electron chi connectivity index (χ4n) is 6.63. The van der Waals surface area contributed by atoms with E-state index in [4.69, 9.17) is 14.5 Å². The Kier molecular flexibility index (Phi) is 6.69. The van der Waals surface area contributed by atoms with Gasteiger partial charge in [-0.3, -0.25) is 19.1 Å². The van der Waals surface area contributed by atoms with Gasteiger partial charge in [0, 0.05) is 56.1 Å². The average molecular weight is 598 g/mol. The van der Waals surface area contributed by atoms with Crippen molar-refractivity contribution in [3.8, 4) is 11.3 Å². The Morgan fingerprint density at radius 1 is 1.14 bits per heavy atom. The molecule has 1 N–H and O–H groups in total. The summed E-state index contributed by atoms with van der Waals surface area (Å²) in [6.07, 6.45) is 3.55. The lowest BCUT2D eigenvalue weighted by atomic mass is 9.90. The Balaban J connectivity index is 1.27. The maximum atomic E-state index is 14.0. The number of nitrogens with zero attached hydrogens (tertiary/aromatic N) is 6. The first-order valence-corrected chi connectivity index (χ1v) is 14.9. The molecule has 1 amide bonds. The van der Waals surface area contributed by atoms with E-state index in [1.54, 1.807) is 18.1 Å². The molecular formula is C32H35N7O5. The number of amides is 1. The monoisotopic (exact) mass is 597 g/mol. The molecule has 228 valence electrons. The Hall–Kier alpha value is -4.71. The van der Waals surface area contributed by atoms with Crippen LogP contribution in [0.15, 0.2) is 41.3 Å². The molecule has 4 aromatic rings. The van der Waals surface area contributed by atoms with Crippen LogP contribution in [0.25, 0.3) is 11.3 Å². The van der Waals surface area contributed by atoms with Crippen molar-refractivity contribution in [2.75, 3.05) is 23.4 Å².